The van der Waals surface area contributed by atoms with Crippen molar-refractivity contribution in [2.45, 2.75) is 26.2 Å². The molecule has 0 bridgehead atoms. The Labute approximate surface area is 134 Å². The molecule has 0 unspecified atom stereocenters. The van der Waals surface area contributed by atoms with Crippen molar-refractivity contribution in [2.75, 3.05) is 19.6 Å². The zero-order valence-electron chi connectivity index (χ0n) is 13.1. The predicted octanol–water partition coefficient (Wildman–Crippen LogP) is 1.92. The molecule has 2 N–H and O–H groups in total. The van der Waals surface area contributed by atoms with Crippen LogP contribution >= 0.6 is 0 Å². The molecular formula is C16H21FN4O2. The fraction of sp³-hybridized carbons (Fsp3) is 0.438. The first-order chi connectivity index (χ1) is 11.2. The number of carbonyl (C=O) groups excluding carboxylic acids is 1. The van der Waals surface area contributed by atoms with Crippen molar-refractivity contribution in [3.05, 3.63) is 36.0 Å². The number of amides is 1. The minimum absolute atomic E-state index is 0.0150. The van der Waals surface area contributed by atoms with Gasteiger partial charge < -0.3 is 15.2 Å². The van der Waals surface area contributed by atoms with Gasteiger partial charge in [-0.15, -0.1) is 0 Å². The van der Waals surface area contributed by atoms with Crippen LogP contribution in [0.1, 0.15) is 25.7 Å². The van der Waals surface area contributed by atoms with E-state index in [1.54, 1.807) is 12.1 Å². The second-order valence-electron chi connectivity index (χ2n) is 5.08. The Morgan fingerprint density at radius 2 is 2.04 bits per heavy atom. The minimum Gasteiger partial charge on any atom is -0.355 e. The third kappa shape index (κ3) is 5.78. The van der Waals surface area contributed by atoms with Gasteiger partial charge in [-0.3, -0.25) is 4.79 Å². The van der Waals surface area contributed by atoms with Gasteiger partial charge in [-0.1, -0.05) is 12.1 Å². The Hall–Kier alpha value is -2.28. The van der Waals surface area contributed by atoms with Crippen LogP contribution in [0, 0.1) is 5.82 Å². The Morgan fingerprint density at radius 3 is 2.78 bits per heavy atom. The average Bonchev–Trinajstić information content (AvgIpc) is 3.01. The third-order valence-corrected chi connectivity index (χ3v) is 3.24. The van der Waals surface area contributed by atoms with Crippen LogP contribution in [-0.2, 0) is 11.2 Å². The fourth-order valence-corrected chi connectivity index (χ4v) is 2.03. The van der Waals surface area contributed by atoms with Crippen molar-refractivity contribution in [1.29, 1.82) is 0 Å². The monoisotopic (exact) mass is 320 g/mol. The van der Waals surface area contributed by atoms with Crippen molar-refractivity contribution >= 4 is 5.91 Å². The average molecular weight is 320 g/mol. The van der Waals surface area contributed by atoms with Gasteiger partial charge in [-0.2, -0.15) is 4.98 Å². The van der Waals surface area contributed by atoms with Crippen molar-refractivity contribution in [1.82, 2.24) is 20.8 Å². The summed E-state index contributed by atoms with van der Waals surface area (Å²) in [5.74, 6) is 0.610. The molecule has 2 rings (SSSR count). The molecule has 6 nitrogen and oxygen atoms in total. The van der Waals surface area contributed by atoms with Crippen LogP contribution in [0.5, 0.6) is 0 Å². The lowest BCUT2D eigenvalue weighted by Crippen LogP contribution is -2.31. The molecule has 1 aromatic carbocycles. The normalized spacial score (nSPS) is 10.7. The Balaban J connectivity index is 1.72. The Bertz CT molecular complexity index is 613. The SMILES string of the molecule is CCNCCNC(=O)CCCc1nc(-c2ccc(F)cc2)no1. The van der Waals surface area contributed by atoms with E-state index in [2.05, 4.69) is 20.8 Å². The number of likely N-dealkylation sites (N-methyl/N-ethyl adjacent to an activating group) is 1. The lowest BCUT2D eigenvalue weighted by Gasteiger charge is -2.04. The molecule has 1 heterocycles. The summed E-state index contributed by atoms with van der Waals surface area (Å²) in [6.07, 6.45) is 1.59. The first-order valence-electron chi connectivity index (χ1n) is 7.75. The lowest BCUT2D eigenvalue weighted by molar-refractivity contribution is -0.121. The van der Waals surface area contributed by atoms with E-state index in [4.69, 9.17) is 4.52 Å². The number of carbonyl (C=O) groups is 1. The van der Waals surface area contributed by atoms with E-state index in [-0.39, 0.29) is 11.7 Å². The second-order valence-corrected chi connectivity index (χ2v) is 5.08. The fourth-order valence-electron chi connectivity index (χ4n) is 2.03. The number of halogens is 1. The van der Waals surface area contributed by atoms with Gasteiger partial charge in [0.2, 0.25) is 17.6 Å². The Morgan fingerprint density at radius 1 is 1.26 bits per heavy atom. The van der Waals surface area contributed by atoms with Gasteiger partial charge in [-0.05, 0) is 37.2 Å². The molecular weight excluding hydrogens is 299 g/mol. The molecule has 0 fully saturated rings. The van der Waals surface area contributed by atoms with E-state index >= 15 is 0 Å². The topological polar surface area (TPSA) is 80.0 Å². The van der Waals surface area contributed by atoms with E-state index in [1.165, 1.54) is 12.1 Å². The van der Waals surface area contributed by atoms with Crippen molar-refractivity contribution in [3.8, 4) is 11.4 Å². The summed E-state index contributed by atoms with van der Waals surface area (Å²) in [6.45, 7) is 4.31. The first kappa shape index (κ1) is 17.1. The van der Waals surface area contributed by atoms with Gasteiger partial charge in [0, 0.05) is 31.5 Å². The highest BCUT2D eigenvalue weighted by atomic mass is 19.1. The van der Waals surface area contributed by atoms with Crippen LogP contribution in [0.3, 0.4) is 0 Å². The van der Waals surface area contributed by atoms with Crippen molar-refractivity contribution in [2.24, 2.45) is 0 Å². The predicted molar refractivity (Wildman–Crippen MR) is 84.2 cm³/mol. The summed E-state index contributed by atoms with van der Waals surface area (Å²) in [5, 5.41) is 9.84. The second kappa shape index (κ2) is 8.99. The number of aromatic nitrogens is 2. The number of hydrogen-bond donors (Lipinski definition) is 2. The van der Waals surface area contributed by atoms with Gasteiger partial charge in [0.25, 0.3) is 0 Å². The molecule has 0 aliphatic carbocycles. The van der Waals surface area contributed by atoms with E-state index < -0.39 is 0 Å². The summed E-state index contributed by atoms with van der Waals surface area (Å²) in [4.78, 5) is 15.9. The molecule has 0 radical (unpaired) electrons. The summed E-state index contributed by atoms with van der Waals surface area (Å²) >= 11 is 0. The molecule has 2 aromatic rings. The molecule has 23 heavy (non-hydrogen) atoms. The highest BCUT2D eigenvalue weighted by Crippen LogP contribution is 2.16. The maximum Gasteiger partial charge on any atom is 0.226 e. The van der Waals surface area contributed by atoms with Crippen LogP contribution in [0.2, 0.25) is 0 Å². The minimum atomic E-state index is -0.308. The van der Waals surface area contributed by atoms with E-state index in [0.29, 0.717) is 43.1 Å². The molecule has 0 saturated heterocycles. The number of rotatable bonds is 9. The van der Waals surface area contributed by atoms with Crippen LogP contribution in [0.4, 0.5) is 4.39 Å². The van der Waals surface area contributed by atoms with Crippen LogP contribution in [0.15, 0.2) is 28.8 Å². The summed E-state index contributed by atoms with van der Waals surface area (Å²) < 4.78 is 18.0. The van der Waals surface area contributed by atoms with Crippen molar-refractivity contribution < 1.29 is 13.7 Å². The van der Waals surface area contributed by atoms with Gasteiger partial charge in [-0.25, -0.2) is 4.39 Å². The van der Waals surface area contributed by atoms with E-state index in [9.17, 15) is 9.18 Å². The maximum atomic E-state index is 12.9. The first-order valence-corrected chi connectivity index (χ1v) is 7.75. The third-order valence-electron chi connectivity index (χ3n) is 3.24. The summed E-state index contributed by atoms with van der Waals surface area (Å²) in [5.41, 5.74) is 0.697. The number of benzene rings is 1. The number of aryl methyl sites for hydroxylation is 1. The highest BCUT2D eigenvalue weighted by Gasteiger charge is 2.09. The summed E-state index contributed by atoms with van der Waals surface area (Å²) in [6, 6.07) is 5.90. The van der Waals surface area contributed by atoms with E-state index in [1.807, 2.05) is 6.92 Å². The van der Waals surface area contributed by atoms with Crippen LogP contribution in [0.25, 0.3) is 11.4 Å². The van der Waals surface area contributed by atoms with Crippen LogP contribution in [-0.4, -0.2) is 35.7 Å². The van der Waals surface area contributed by atoms with Crippen LogP contribution < -0.4 is 10.6 Å². The zero-order valence-corrected chi connectivity index (χ0v) is 13.1. The molecule has 7 heteroatoms. The maximum absolute atomic E-state index is 12.9. The van der Waals surface area contributed by atoms with Gasteiger partial charge >= 0.3 is 0 Å². The van der Waals surface area contributed by atoms with E-state index in [0.717, 1.165) is 13.1 Å². The lowest BCUT2D eigenvalue weighted by atomic mass is 10.2. The Kier molecular flexibility index (Phi) is 6.68. The smallest absolute Gasteiger partial charge is 0.226 e. The molecule has 0 aliphatic heterocycles. The molecule has 0 spiro atoms. The molecule has 1 aromatic heterocycles. The standard InChI is InChI=1S/C16H21FN4O2/c1-2-18-10-11-19-14(22)4-3-5-15-20-16(21-23-15)12-6-8-13(17)9-7-12/h6-9,18H,2-5,10-11H2,1H3,(H,19,22). The highest BCUT2D eigenvalue weighted by molar-refractivity contribution is 5.75. The number of nitrogens with zero attached hydrogens (tertiary/aromatic N) is 2. The molecule has 124 valence electrons. The van der Waals surface area contributed by atoms with Crippen molar-refractivity contribution in [3.63, 3.8) is 0 Å². The molecule has 0 saturated carbocycles. The number of hydrogen-bond acceptors (Lipinski definition) is 5. The number of nitrogens with one attached hydrogen (secondary N) is 2. The quantitative estimate of drug-likeness (QED) is 0.690. The van der Waals surface area contributed by atoms with Gasteiger partial charge in [0.1, 0.15) is 5.82 Å². The van der Waals surface area contributed by atoms with Gasteiger partial charge in [0.15, 0.2) is 0 Å². The summed E-state index contributed by atoms with van der Waals surface area (Å²) in [7, 11) is 0. The molecule has 0 atom stereocenters. The largest absolute Gasteiger partial charge is 0.355 e. The zero-order chi connectivity index (χ0) is 16.5. The molecule has 0 aliphatic rings. The molecule has 1 amide bonds. The van der Waals surface area contributed by atoms with Gasteiger partial charge in [0.05, 0.1) is 0 Å².